The van der Waals surface area contributed by atoms with E-state index >= 15 is 0 Å². The van der Waals surface area contributed by atoms with Crippen molar-refractivity contribution in [1.82, 2.24) is 4.98 Å². The second-order valence-electron chi connectivity index (χ2n) is 5.85. The summed E-state index contributed by atoms with van der Waals surface area (Å²) >= 11 is 0. The number of carbonyl (C=O) groups excluding carboxylic acids is 1. The number of amides is 1. The summed E-state index contributed by atoms with van der Waals surface area (Å²) in [6, 6.07) is 7.35. The van der Waals surface area contributed by atoms with E-state index < -0.39 is 6.04 Å². The molecule has 1 aliphatic rings. The lowest BCUT2D eigenvalue weighted by molar-refractivity contribution is -0.118. The van der Waals surface area contributed by atoms with Crippen molar-refractivity contribution in [2.24, 2.45) is 11.7 Å². The number of nitrogens with two attached hydrogens (primary N) is 1. The van der Waals surface area contributed by atoms with E-state index in [1.165, 1.54) is 19.3 Å². The van der Waals surface area contributed by atoms with E-state index in [2.05, 4.69) is 10.3 Å². The summed E-state index contributed by atoms with van der Waals surface area (Å²) in [7, 11) is 0. The number of anilines is 1. The third-order valence-corrected chi connectivity index (χ3v) is 4.37. The summed E-state index contributed by atoms with van der Waals surface area (Å²) in [5, 5.41) is 5.07. The summed E-state index contributed by atoms with van der Waals surface area (Å²) in [5.74, 6) is 0.249. The molecule has 0 aliphatic heterocycles. The third-order valence-electron chi connectivity index (χ3n) is 4.37. The average Bonchev–Trinajstić information content (AvgIpc) is 2.55. The second kappa shape index (κ2) is 6.22. The highest BCUT2D eigenvalue weighted by atomic mass is 16.2. The van der Waals surface area contributed by atoms with E-state index in [-0.39, 0.29) is 5.91 Å². The number of pyridine rings is 1. The zero-order chi connectivity index (χ0) is 14.7. The van der Waals surface area contributed by atoms with Gasteiger partial charge in [0.1, 0.15) is 0 Å². The molecular weight excluding hydrogens is 262 g/mol. The summed E-state index contributed by atoms with van der Waals surface area (Å²) in [4.78, 5) is 16.4. The maximum Gasteiger partial charge on any atom is 0.241 e. The standard InChI is InChI=1S/C17H21N3O/c18-16(12-4-2-1-3-5-12)17(21)20-15-7-6-14-11-19-9-8-13(14)10-15/h6-12,16H,1-5,18H2,(H,20,21)/t16-/m1/s1. The van der Waals surface area contributed by atoms with Crippen LogP contribution in [-0.2, 0) is 4.79 Å². The van der Waals surface area contributed by atoms with Gasteiger partial charge in [-0.05, 0) is 42.3 Å². The first-order chi connectivity index (χ1) is 10.2. The molecule has 0 unspecified atom stereocenters. The number of carbonyl (C=O) groups is 1. The molecule has 1 fully saturated rings. The molecule has 2 aromatic rings. The highest BCUT2D eigenvalue weighted by Crippen LogP contribution is 2.26. The van der Waals surface area contributed by atoms with E-state index in [1.807, 2.05) is 30.5 Å². The molecule has 0 saturated heterocycles. The van der Waals surface area contributed by atoms with Gasteiger partial charge in [-0.25, -0.2) is 0 Å². The molecule has 3 N–H and O–H groups in total. The molecule has 4 nitrogen and oxygen atoms in total. The molecule has 1 aromatic heterocycles. The Bertz CT molecular complexity index is 635. The number of aromatic nitrogens is 1. The lowest BCUT2D eigenvalue weighted by Gasteiger charge is -2.26. The van der Waals surface area contributed by atoms with Crippen LogP contribution in [-0.4, -0.2) is 16.9 Å². The van der Waals surface area contributed by atoms with Crippen LogP contribution in [0.25, 0.3) is 10.8 Å². The zero-order valence-corrected chi connectivity index (χ0v) is 12.1. The molecule has 3 rings (SSSR count). The van der Waals surface area contributed by atoms with Gasteiger partial charge >= 0.3 is 0 Å². The van der Waals surface area contributed by atoms with Crippen molar-refractivity contribution in [3.05, 3.63) is 36.7 Å². The third kappa shape index (κ3) is 3.22. The zero-order valence-electron chi connectivity index (χ0n) is 12.1. The van der Waals surface area contributed by atoms with E-state index in [9.17, 15) is 4.79 Å². The second-order valence-corrected chi connectivity index (χ2v) is 5.85. The van der Waals surface area contributed by atoms with Gasteiger partial charge in [0, 0.05) is 23.5 Å². The number of nitrogens with zero attached hydrogens (tertiary/aromatic N) is 1. The van der Waals surface area contributed by atoms with Crippen LogP contribution in [0.3, 0.4) is 0 Å². The smallest absolute Gasteiger partial charge is 0.241 e. The molecule has 0 spiro atoms. The lowest BCUT2D eigenvalue weighted by Crippen LogP contribution is -2.42. The molecule has 1 atom stereocenters. The Kier molecular flexibility index (Phi) is 4.15. The van der Waals surface area contributed by atoms with Gasteiger partial charge in [-0.3, -0.25) is 9.78 Å². The number of benzene rings is 1. The number of hydrogen-bond donors (Lipinski definition) is 2. The first-order valence-corrected chi connectivity index (χ1v) is 7.64. The quantitative estimate of drug-likeness (QED) is 0.909. The Morgan fingerprint density at radius 2 is 2.00 bits per heavy atom. The number of hydrogen-bond acceptors (Lipinski definition) is 3. The van der Waals surface area contributed by atoms with Crippen molar-refractivity contribution in [2.75, 3.05) is 5.32 Å². The normalized spacial score (nSPS) is 17.6. The SMILES string of the molecule is N[C@@H](C(=O)Nc1ccc2cnccc2c1)C1CCCCC1. The summed E-state index contributed by atoms with van der Waals surface area (Å²) < 4.78 is 0. The van der Waals surface area contributed by atoms with Crippen LogP contribution < -0.4 is 11.1 Å². The Morgan fingerprint density at radius 1 is 1.19 bits per heavy atom. The van der Waals surface area contributed by atoms with Crippen LogP contribution in [0.1, 0.15) is 32.1 Å². The van der Waals surface area contributed by atoms with Gasteiger partial charge in [0.05, 0.1) is 6.04 Å². The van der Waals surface area contributed by atoms with Crippen LogP contribution in [0.4, 0.5) is 5.69 Å². The van der Waals surface area contributed by atoms with Crippen molar-refractivity contribution in [1.29, 1.82) is 0 Å². The van der Waals surface area contributed by atoms with Crippen molar-refractivity contribution in [3.63, 3.8) is 0 Å². The average molecular weight is 283 g/mol. The predicted molar refractivity (Wildman–Crippen MR) is 84.9 cm³/mol. The van der Waals surface area contributed by atoms with Gasteiger partial charge < -0.3 is 11.1 Å². The van der Waals surface area contributed by atoms with Crippen LogP contribution in [0.2, 0.25) is 0 Å². The monoisotopic (exact) mass is 283 g/mol. The molecule has 0 radical (unpaired) electrons. The fraction of sp³-hybridized carbons (Fsp3) is 0.412. The van der Waals surface area contributed by atoms with Gasteiger partial charge in [-0.1, -0.05) is 25.3 Å². The first-order valence-electron chi connectivity index (χ1n) is 7.64. The number of fused-ring (bicyclic) bond motifs is 1. The minimum atomic E-state index is -0.404. The molecule has 1 aliphatic carbocycles. The molecule has 1 amide bonds. The molecule has 0 bridgehead atoms. The summed E-state index contributed by atoms with van der Waals surface area (Å²) in [6.07, 6.45) is 9.35. The van der Waals surface area contributed by atoms with Gasteiger partial charge in [0.2, 0.25) is 5.91 Å². The van der Waals surface area contributed by atoms with E-state index in [1.54, 1.807) is 6.20 Å². The Balaban J connectivity index is 1.70. The molecule has 1 saturated carbocycles. The van der Waals surface area contributed by atoms with Gasteiger partial charge in [-0.15, -0.1) is 0 Å². The molecule has 1 heterocycles. The molecule has 21 heavy (non-hydrogen) atoms. The van der Waals surface area contributed by atoms with Crippen LogP contribution in [0.15, 0.2) is 36.7 Å². The van der Waals surface area contributed by atoms with Crippen LogP contribution in [0.5, 0.6) is 0 Å². The molecular formula is C17H21N3O. The fourth-order valence-electron chi connectivity index (χ4n) is 3.09. The molecule has 1 aromatic carbocycles. The van der Waals surface area contributed by atoms with Gasteiger partial charge in [0.15, 0.2) is 0 Å². The number of rotatable bonds is 3. The minimum Gasteiger partial charge on any atom is -0.325 e. The predicted octanol–water partition coefficient (Wildman–Crippen LogP) is 3.08. The molecule has 110 valence electrons. The van der Waals surface area contributed by atoms with E-state index in [4.69, 9.17) is 5.73 Å². The van der Waals surface area contributed by atoms with Crippen LogP contribution >= 0.6 is 0 Å². The summed E-state index contributed by atoms with van der Waals surface area (Å²) in [5.41, 5.74) is 6.93. The lowest BCUT2D eigenvalue weighted by atomic mass is 9.84. The van der Waals surface area contributed by atoms with Gasteiger partial charge in [0.25, 0.3) is 0 Å². The van der Waals surface area contributed by atoms with Crippen molar-refractivity contribution in [3.8, 4) is 0 Å². The fourth-order valence-corrected chi connectivity index (χ4v) is 3.09. The van der Waals surface area contributed by atoms with Crippen molar-refractivity contribution >= 4 is 22.4 Å². The first kappa shape index (κ1) is 14.0. The Labute approximate surface area is 124 Å². The maximum absolute atomic E-state index is 12.3. The van der Waals surface area contributed by atoms with E-state index in [0.29, 0.717) is 5.92 Å². The Hall–Kier alpha value is -1.94. The molecule has 4 heteroatoms. The number of nitrogens with one attached hydrogen (secondary N) is 1. The van der Waals surface area contributed by atoms with Gasteiger partial charge in [-0.2, -0.15) is 0 Å². The maximum atomic E-state index is 12.3. The van der Waals surface area contributed by atoms with Crippen LogP contribution in [0, 0.1) is 5.92 Å². The topological polar surface area (TPSA) is 68.0 Å². The van der Waals surface area contributed by atoms with Crippen molar-refractivity contribution in [2.45, 2.75) is 38.1 Å². The highest BCUT2D eigenvalue weighted by Gasteiger charge is 2.26. The highest BCUT2D eigenvalue weighted by molar-refractivity contribution is 5.97. The Morgan fingerprint density at radius 3 is 2.81 bits per heavy atom. The minimum absolute atomic E-state index is 0.0738. The van der Waals surface area contributed by atoms with Crippen molar-refractivity contribution < 1.29 is 4.79 Å². The largest absolute Gasteiger partial charge is 0.325 e. The van der Waals surface area contributed by atoms with E-state index in [0.717, 1.165) is 29.3 Å². The summed E-state index contributed by atoms with van der Waals surface area (Å²) in [6.45, 7) is 0.